The van der Waals surface area contributed by atoms with Crippen LogP contribution in [-0.2, 0) is 9.53 Å². The van der Waals surface area contributed by atoms with Crippen LogP contribution in [0.5, 0.6) is 11.5 Å². The SMILES string of the molecule is COC1=CC=C(C(=O)/C=C\Nc2c(C)ccc(OC)c2O)CC1C. The number of aryl methyl sites for hydroxylation is 1. The van der Waals surface area contributed by atoms with E-state index in [1.165, 1.54) is 19.4 Å². The van der Waals surface area contributed by atoms with Crippen LogP contribution in [0.1, 0.15) is 18.9 Å². The Bertz CT molecular complexity index is 716. The van der Waals surface area contributed by atoms with Crippen LogP contribution in [0.4, 0.5) is 5.69 Å². The molecule has 0 amide bonds. The zero-order valence-electron chi connectivity index (χ0n) is 14.4. The Morgan fingerprint density at radius 1 is 1.29 bits per heavy atom. The lowest BCUT2D eigenvalue weighted by atomic mass is 9.91. The molecule has 0 radical (unpaired) electrons. The van der Waals surface area contributed by atoms with Crippen molar-refractivity contribution in [1.82, 2.24) is 0 Å². The first kappa shape index (κ1) is 17.7. The van der Waals surface area contributed by atoms with Crippen molar-refractivity contribution in [2.45, 2.75) is 20.3 Å². The number of aromatic hydroxyl groups is 1. The summed E-state index contributed by atoms with van der Waals surface area (Å²) in [6, 6.07) is 3.53. The molecular formula is C19H23NO4. The molecule has 1 atom stereocenters. The van der Waals surface area contributed by atoms with Crippen molar-refractivity contribution in [3.8, 4) is 11.5 Å². The Hall–Kier alpha value is -2.69. The molecular weight excluding hydrogens is 306 g/mol. The number of allylic oxidation sites excluding steroid dienone is 5. The normalized spacial score (nSPS) is 17.2. The van der Waals surface area contributed by atoms with Crippen molar-refractivity contribution in [2.24, 2.45) is 5.92 Å². The standard InChI is InChI=1S/C19H23NO4/c1-12-5-7-17(24-4)19(22)18(12)20-10-9-15(21)14-6-8-16(23-3)13(2)11-14/h5-10,13,20,22H,11H2,1-4H3/b10-9-. The summed E-state index contributed by atoms with van der Waals surface area (Å²) in [4.78, 5) is 12.3. The number of ketones is 1. The zero-order valence-corrected chi connectivity index (χ0v) is 14.4. The number of nitrogens with one attached hydrogen (secondary N) is 1. The highest BCUT2D eigenvalue weighted by molar-refractivity contribution is 6.04. The van der Waals surface area contributed by atoms with E-state index in [4.69, 9.17) is 9.47 Å². The minimum absolute atomic E-state index is 0.0211. The number of phenols is 1. The maximum Gasteiger partial charge on any atom is 0.183 e. The molecule has 2 N–H and O–H groups in total. The summed E-state index contributed by atoms with van der Waals surface area (Å²) < 4.78 is 10.3. The molecule has 128 valence electrons. The largest absolute Gasteiger partial charge is 0.503 e. The van der Waals surface area contributed by atoms with Gasteiger partial charge in [-0.2, -0.15) is 0 Å². The number of carbonyl (C=O) groups is 1. The van der Waals surface area contributed by atoms with Crippen LogP contribution in [-0.4, -0.2) is 25.1 Å². The Kier molecular flexibility index (Phi) is 5.68. The first-order chi connectivity index (χ1) is 11.5. The van der Waals surface area contributed by atoms with Crippen molar-refractivity contribution in [2.75, 3.05) is 19.5 Å². The lowest BCUT2D eigenvalue weighted by Crippen LogP contribution is -2.11. The van der Waals surface area contributed by atoms with Crippen LogP contribution in [0.15, 0.2) is 47.9 Å². The van der Waals surface area contributed by atoms with Crippen LogP contribution < -0.4 is 10.1 Å². The van der Waals surface area contributed by atoms with E-state index in [-0.39, 0.29) is 17.5 Å². The number of hydrogen-bond acceptors (Lipinski definition) is 5. The maximum atomic E-state index is 12.3. The fourth-order valence-electron chi connectivity index (χ4n) is 2.62. The Labute approximate surface area is 142 Å². The Morgan fingerprint density at radius 2 is 2.04 bits per heavy atom. The third kappa shape index (κ3) is 3.79. The van der Waals surface area contributed by atoms with Crippen LogP contribution in [0.2, 0.25) is 0 Å². The summed E-state index contributed by atoms with van der Waals surface area (Å²) >= 11 is 0. The van der Waals surface area contributed by atoms with Gasteiger partial charge in [0.15, 0.2) is 17.3 Å². The van der Waals surface area contributed by atoms with E-state index in [0.717, 1.165) is 16.9 Å². The zero-order chi connectivity index (χ0) is 17.7. The number of rotatable bonds is 6. The number of benzene rings is 1. The molecule has 0 bridgehead atoms. The van der Waals surface area contributed by atoms with E-state index in [9.17, 15) is 9.90 Å². The van der Waals surface area contributed by atoms with Crippen molar-refractivity contribution >= 4 is 11.5 Å². The second-order valence-electron chi connectivity index (χ2n) is 5.72. The third-order valence-corrected chi connectivity index (χ3v) is 4.04. The summed E-state index contributed by atoms with van der Waals surface area (Å²) in [5.74, 6) is 1.40. The van der Waals surface area contributed by atoms with E-state index in [1.54, 1.807) is 19.3 Å². The molecule has 1 aromatic carbocycles. The van der Waals surface area contributed by atoms with E-state index < -0.39 is 0 Å². The van der Waals surface area contributed by atoms with E-state index in [2.05, 4.69) is 5.32 Å². The molecule has 1 aliphatic carbocycles. The van der Waals surface area contributed by atoms with Crippen molar-refractivity contribution in [1.29, 1.82) is 0 Å². The quantitative estimate of drug-likeness (QED) is 0.615. The van der Waals surface area contributed by atoms with Gasteiger partial charge in [-0.1, -0.05) is 19.1 Å². The lowest BCUT2D eigenvalue weighted by molar-refractivity contribution is -0.111. The van der Waals surface area contributed by atoms with Gasteiger partial charge in [0.25, 0.3) is 0 Å². The van der Waals surface area contributed by atoms with Gasteiger partial charge in [0.2, 0.25) is 0 Å². The van der Waals surface area contributed by atoms with Crippen molar-refractivity contribution in [3.63, 3.8) is 0 Å². The van der Waals surface area contributed by atoms with Gasteiger partial charge in [-0.15, -0.1) is 0 Å². The summed E-state index contributed by atoms with van der Waals surface area (Å²) in [7, 11) is 3.13. The van der Waals surface area contributed by atoms with Crippen LogP contribution in [0.3, 0.4) is 0 Å². The van der Waals surface area contributed by atoms with Gasteiger partial charge >= 0.3 is 0 Å². The minimum Gasteiger partial charge on any atom is -0.503 e. The van der Waals surface area contributed by atoms with E-state index in [1.807, 2.05) is 26.0 Å². The molecule has 5 heteroatoms. The monoisotopic (exact) mass is 329 g/mol. The first-order valence-corrected chi connectivity index (χ1v) is 7.76. The van der Waals surface area contributed by atoms with Gasteiger partial charge in [-0.25, -0.2) is 0 Å². The number of carbonyl (C=O) groups excluding carboxylic acids is 1. The topological polar surface area (TPSA) is 67.8 Å². The molecule has 0 spiro atoms. The molecule has 0 aromatic heterocycles. The number of methoxy groups -OCH3 is 2. The maximum absolute atomic E-state index is 12.3. The van der Waals surface area contributed by atoms with Crippen LogP contribution >= 0.6 is 0 Å². The number of hydrogen-bond donors (Lipinski definition) is 2. The van der Waals surface area contributed by atoms with Gasteiger partial charge < -0.3 is 19.9 Å². The van der Waals surface area contributed by atoms with Gasteiger partial charge in [-0.05, 0) is 31.1 Å². The summed E-state index contributed by atoms with van der Waals surface area (Å²) in [5, 5.41) is 13.1. The first-order valence-electron chi connectivity index (χ1n) is 7.76. The number of anilines is 1. The average Bonchev–Trinajstić information content (AvgIpc) is 2.57. The molecule has 0 saturated heterocycles. The van der Waals surface area contributed by atoms with E-state index >= 15 is 0 Å². The predicted molar refractivity (Wildman–Crippen MR) is 94.1 cm³/mol. The van der Waals surface area contributed by atoms with Gasteiger partial charge in [0.05, 0.1) is 25.7 Å². The second kappa shape index (κ2) is 7.73. The summed E-state index contributed by atoms with van der Waals surface area (Å²) in [6.07, 6.45) is 7.26. The van der Waals surface area contributed by atoms with Crippen LogP contribution in [0, 0.1) is 12.8 Å². The van der Waals surface area contributed by atoms with Crippen molar-refractivity contribution < 1.29 is 19.4 Å². The Morgan fingerprint density at radius 3 is 2.67 bits per heavy atom. The third-order valence-electron chi connectivity index (χ3n) is 4.04. The fraction of sp³-hybridized carbons (Fsp3) is 0.316. The van der Waals surface area contributed by atoms with Crippen LogP contribution in [0.25, 0.3) is 0 Å². The number of ether oxygens (including phenoxy) is 2. The average molecular weight is 329 g/mol. The molecule has 0 heterocycles. The molecule has 1 aromatic rings. The fourth-order valence-corrected chi connectivity index (χ4v) is 2.62. The Balaban J connectivity index is 2.09. The highest BCUT2D eigenvalue weighted by Crippen LogP contribution is 2.36. The van der Waals surface area contributed by atoms with E-state index in [0.29, 0.717) is 17.9 Å². The summed E-state index contributed by atoms with van der Waals surface area (Å²) in [5.41, 5.74) is 2.10. The smallest absolute Gasteiger partial charge is 0.183 e. The molecule has 1 aliphatic rings. The summed E-state index contributed by atoms with van der Waals surface area (Å²) in [6.45, 7) is 3.88. The molecule has 2 rings (SSSR count). The molecule has 5 nitrogen and oxygen atoms in total. The highest BCUT2D eigenvalue weighted by atomic mass is 16.5. The van der Waals surface area contributed by atoms with Crippen molar-refractivity contribution in [3.05, 3.63) is 53.5 Å². The second-order valence-corrected chi connectivity index (χ2v) is 5.72. The van der Waals surface area contributed by atoms with Gasteiger partial charge in [0, 0.05) is 23.8 Å². The predicted octanol–water partition coefficient (Wildman–Crippen LogP) is 3.70. The molecule has 0 fully saturated rings. The number of phenolic OH excluding ortho intramolecular Hbond substituents is 1. The highest BCUT2D eigenvalue weighted by Gasteiger charge is 2.18. The molecule has 0 aliphatic heterocycles. The van der Waals surface area contributed by atoms with Gasteiger partial charge in [-0.3, -0.25) is 4.79 Å². The molecule has 0 saturated carbocycles. The molecule has 1 unspecified atom stereocenters. The van der Waals surface area contributed by atoms with Gasteiger partial charge in [0.1, 0.15) is 0 Å². The molecule has 24 heavy (non-hydrogen) atoms. The minimum atomic E-state index is -0.0687. The lowest BCUT2D eigenvalue weighted by Gasteiger charge is -2.19.